The van der Waals surface area contributed by atoms with E-state index in [1.807, 2.05) is 30.3 Å². The summed E-state index contributed by atoms with van der Waals surface area (Å²) in [7, 11) is 0. The maximum absolute atomic E-state index is 13.0. The highest BCUT2D eigenvalue weighted by Crippen LogP contribution is 2.17. The van der Waals surface area contributed by atoms with Crippen molar-refractivity contribution in [3.8, 4) is 11.8 Å². The Labute approximate surface area is 181 Å². The lowest BCUT2D eigenvalue weighted by Gasteiger charge is -2.08. The molecule has 0 fully saturated rings. The van der Waals surface area contributed by atoms with E-state index in [0.29, 0.717) is 26.4 Å². The summed E-state index contributed by atoms with van der Waals surface area (Å²) in [6.07, 6.45) is 1.54. The number of thiazole rings is 1. The highest BCUT2D eigenvalue weighted by atomic mass is 32.1. The minimum atomic E-state index is -0.936. The van der Waals surface area contributed by atoms with Gasteiger partial charge in [-0.3, -0.25) is 18.6 Å². The monoisotopic (exact) mass is 430 g/mol. The Bertz CT molecular complexity index is 1470. The SMILES string of the molecule is Cc1c(=O)n(Cc2cccc(CC(=O)O)c2)c(=O)n2cc(C#Cc3ccccc3)sc12. The number of aromatic nitrogens is 2. The van der Waals surface area contributed by atoms with Crippen LogP contribution in [0, 0.1) is 18.8 Å². The number of carboxylic acid groups (broad SMARTS) is 1. The molecule has 4 rings (SSSR count). The number of rotatable bonds is 4. The zero-order valence-corrected chi connectivity index (χ0v) is 17.5. The van der Waals surface area contributed by atoms with Crippen molar-refractivity contribution in [3.05, 3.63) is 109 Å². The number of hydrogen-bond acceptors (Lipinski definition) is 4. The van der Waals surface area contributed by atoms with E-state index in [1.54, 1.807) is 37.4 Å². The lowest BCUT2D eigenvalue weighted by molar-refractivity contribution is -0.136. The van der Waals surface area contributed by atoms with Crippen LogP contribution in [0.25, 0.3) is 4.83 Å². The van der Waals surface area contributed by atoms with Crippen molar-refractivity contribution in [3.63, 3.8) is 0 Å². The van der Waals surface area contributed by atoms with Crippen LogP contribution in [0.1, 0.15) is 27.1 Å². The molecule has 0 bridgehead atoms. The van der Waals surface area contributed by atoms with Gasteiger partial charge in [-0.05, 0) is 36.1 Å². The molecule has 0 unspecified atom stereocenters. The Morgan fingerprint density at radius 1 is 1.03 bits per heavy atom. The number of fused-ring (bicyclic) bond motifs is 1. The molecule has 0 spiro atoms. The van der Waals surface area contributed by atoms with Gasteiger partial charge in [-0.2, -0.15) is 0 Å². The van der Waals surface area contributed by atoms with Crippen LogP contribution in [0.2, 0.25) is 0 Å². The van der Waals surface area contributed by atoms with E-state index in [4.69, 9.17) is 5.11 Å². The predicted octanol–water partition coefficient (Wildman–Crippen LogP) is 2.91. The van der Waals surface area contributed by atoms with Crippen molar-refractivity contribution in [2.45, 2.75) is 19.9 Å². The fraction of sp³-hybridized carbons (Fsp3) is 0.125. The summed E-state index contributed by atoms with van der Waals surface area (Å²) in [5.41, 5.74) is 1.83. The topological polar surface area (TPSA) is 80.8 Å². The predicted molar refractivity (Wildman–Crippen MR) is 120 cm³/mol. The summed E-state index contributed by atoms with van der Waals surface area (Å²) < 4.78 is 2.63. The van der Waals surface area contributed by atoms with Gasteiger partial charge < -0.3 is 5.11 Å². The zero-order chi connectivity index (χ0) is 22.0. The molecule has 0 radical (unpaired) electrons. The largest absolute Gasteiger partial charge is 0.481 e. The third-order valence-corrected chi connectivity index (χ3v) is 5.91. The Morgan fingerprint density at radius 2 is 1.77 bits per heavy atom. The number of hydrogen-bond donors (Lipinski definition) is 1. The lowest BCUT2D eigenvalue weighted by atomic mass is 10.1. The van der Waals surface area contributed by atoms with Gasteiger partial charge in [0.1, 0.15) is 4.83 Å². The van der Waals surface area contributed by atoms with Crippen LogP contribution in [-0.2, 0) is 17.8 Å². The van der Waals surface area contributed by atoms with Crippen LogP contribution in [0.5, 0.6) is 0 Å². The maximum atomic E-state index is 13.0. The first-order valence-electron chi connectivity index (χ1n) is 9.54. The Kier molecular flexibility index (Phi) is 5.56. The van der Waals surface area contributed by atoms with E-state index in [9.17, 15) is 14.4 Å². The Morgan fingerprint density at radius 3 is 2.52 bits per heavy atom. The van der Waals surface area contributed by atoms with E-state index in [0.717, 1.165) is 5.56 Å². The maximum Gasteiger partial charge on any atom is 0.336 e. The third-order valence-electron chi connectivity index (χ3n) is 4.79. The van der Waals surface area contributed by atoms with Gasteiger partial charge in [0.15, 0.2) is 0 Å². The minimum absolute atomic E-state index is 0.0653. The molecule has 154 valence electrons. The molecular weight excluding hydrogens is 412 g/mol. The summed E-state index contributed by atoms with van der Waals surface area (Å²) in [4.78, 5) is 38.2. The van der Waals surface area contributed by atoms with Gasteiger partial charge in [0.05, 0.1) is 17.8 Å². The van der Waals surface area contributed by atoms with Crippen molar-refractivity contribution in [2.24, 2.45) is 0 Å². The normalized spacial score (nSPS) is 10.6. The summed E-state index contributed by atoms with van der Waals surface area (Å²) in [5, 5.41) is 8.99. The van der Waals surface area contributed by atoms with E-state index < -0.39 is 11.7 Å². The number of aliphatic carboxylic acids is 1. The van der Waals surface area contributed by atoms with Crippen molar-refractivity contribution in [1.82, 2.24) is 8.97 Å². The first-order valence-corrected chi connectivity index (χ1v) is 10.4. The van der Waals surface area contributed by atoms with Crippen LogP contribution in [0.3, 0.4) is 0 Å². The highest BCUT2D eigenvalue weighted by Gasteiger charge is 2.14. The van der Waals surface area contributed by atoms with Crippen LogP contribution in [0.4, 0.5) is 0 Å². The third kappa shape index (κ3) is 4.34. The van der Waals surface area contributed by atoms with E-state index in [1.165, 1.54) is 20.3 Å². The van der Waals surface area contributed by atoms with Crippen LogP contribution in [-0.4, -0.2) is 20.0 Å². The Balaban J connectivity index is 1.74. The minimum Gasteiger partial charge on any atom is -0.481 e. The molecule has 0 aliphatic rings. The zero-order valence-electron chi connectivity index (χ0n) is 16.7. The second-order valence-corrected chi connectivity index (χ2v) is 8.11. The average Bonchev–Trinajstić information content (AvgIpc) is 3.19. The molecule has 4 aromatic rings. The fourth-order valence-electron chi connectivity index (χ4n) is 3.31. The number of carbonyl (C=O) groups is 1. The second-order valence-electron chi connectivity index (χ2n) is 7.08. The average molecular weight is 430 g/mol. The van der Waals surface area contributed by atoms with Gasteiger partial charge in [0.2, 0.25) is 0 Å². The quantitative estimate of drug-likeness (QED) is 0.505. The standard InChI is InChI=1S/C24H18N2O4S/c1-16-22(29)25(14-19-9-5-8-18(12-19)13-21(27)28)24(30)26-15-20(31-23(16)26)11-10-17-6-3-2-4-7-17/h2-9,12,15H,13-14H2,1H3,(H,27,28). The molecule has 0 aliphatic heterocycles. The molecular formula is C24H18N2O4S. The smallest absolute Gasteiger partial charge is 0.336 e. The highest BCUT2D eigenvalue weighted by molar-refractivity contribution is 7.18. The summed E-state index contributed by atoms with van der Waals surface area (Å²) in [5.74, 6) is 5.19. The number of aryl methyl sites for hydroxylation is 1. The number of nitrogens with zero attached hydrogens (tertiary/aromatic N) is 2. The molecule has 0 amide bonds. The lowest BCUT2D eigenvalue weighted by Crippen LogP contribution is -2.38. The molecule has 0 aliphatic carbocycles. The van der Waals surface area contributed by atoms with Crippen LogP contribution >= 0.6 is 11.3 Å². The molecule has 0 saturated carbocycles. The first-order chi connectivity index (χ1) is 14.9. The summed E-state index contributed by atoms with van der Waals surface area (Å²) >= 11 is 1.31. The molecule has 2 aromatic carbocycles. The van der Waals surface area contributed by atoms with E-state index in [2.05, 4.69) is 11.8 Å². The van der Waals surface area contributed by atoms with Gasteiger partial charge in [0.25, 0.3) is 5.56 Å². The summed E-state index contributed by atoms with van der Waals surface area (Å²) in [6, 6.07) is 16.4. The molecule has 1 N–H and O–H groups in total. The van der Waals surface area contributed by atoms with Crippen molar-refractivity contribution < 1.29 is 9.90 Å². The Hall–Kier alpha value is -3.89. The van der Waals surface area contributed by atoms with E-state index in [-0.39, 0.29) is 18.5 Å². The number of carboxylic acids is 1. The van der Waals surface area contributed by atoms with Gasteiger partial charge >= 0.3 is 11.7 Å². The second kappa shape index (κ2) is 8.46. The number of benzene rings is 2. The van der Waals surface area contributed by atoms with Gasteiger partial charge in [-0.25, -0.2) is 4.79 Å². The van der Waals surface area contributed by atoms with Crippen molar-refractivity contribution >= 4 is 22.1 Å². The van der Waals surface area contributed by atoms with Gasteiger partial charge in [-0.1, -0.05) is 48.4 Å². The fourth-order valence-corrected chi connectivity index (χ4v) is 4.25. The molecule has 2 aromatic heterocycles. The molecule has 6 nitrogen and oxygen atoms in total. The molecule has 2 heterocycles. The molecule has 0 atom stereocenters. The van der Waals surface area contributed by atoms with Gasteiger partial charge in [-0.15, -0.1) is 11.3 Å². The van der Waals surface area contributed by atoms with Crippen molar-refractivity contribution in [2.75, 3.05) is 0 Å². The molecule has 0 saturated heterocycles. The van der Waals surface area contributed by atoms with Crippen molar-refractivity contribution in [1.29, 1.82) is 0 Å². The van der Waals surface area contributed by atoms with Gasteiger partial charge in [0, 0.05) is 17.3 Å². The van der Waals surface area contributed by atoms with E-state index >= 15 is 0 Å². The molecule has 31 heavy (non-hydrogen) atoms. The molecule has 7 heteroatoms. The van der Waals surface area contributed by atoms with Crippen LogP contribution in [0.15, 0.2) is 70.4 Å². The van der Waals surface area contributed by atoms with Crippen LogP contribution < -0.4 is 11.2 Å². The summed E-state index contributed by atoms with van der Waals surface area (Å²) in [6.45, 7) is 1.76. The first kappa shape index (κ1) is 20.4.